The largest absolute Gasteiger partial charge is 0.351 e. The van der Waals surface area contributed by atoms with Gasteiger partial charge < -0.3 is 15.5 Å². The van der Waals surface area contributed by atoms with E-state index in [1.54, 1.807) is 0 Å². The Hall–Kier alpha value is -1.10. The fourth-order valence-corrected chi connectivity index (χ4v) is 2.31. The molecule has 1 saturated heterocycles. The molecular formula is C13H23N3O2. The van der Waals surface area contributed by atoms with E-state index in [0.717, 1.165) is 25.4 Å². The number of nitrogens with one attached hydrogen (secondary N) is 2. The number of rotatable bonds is 7. The third-order valence-corrected chi connectivity index (χ3v) is 3.49. The Balaban J connectivity index is 1.58. The highest BCUT2D eigenvalue weighted by Crippen LogP contribution is 2.27. The van der Waals surface area contributed by atoms with Crippen LogP contribution in [0.3, 0.4) is 0 Å². The second kappa shape index (κ2) is 6.18. The first-order chi connectivity index (χ1) is 8.65. The molecule has 0 aromatic heterocycles. The predicted octanol–water partition coefficient (Wildman–Crippen LogP) is 0.113. The van der Waals surface area contributed by atoms with E-state index in [4.69, 9.17) is 0 Å². The van der Waals surface area contributed by atoms with Gasteiger partial charge in [-0.25, -0.2) is 0 Å². The number of hydrogen-bond donors (Lipinski definition) is 2. The first-order valence-electron chi connectivity index (χ1n) is 6.93. The summed E-state index contributed by atoms with van der Waals surface area (Å²) in [5.74, 6) is 1.02. The maximum absolute atomic E-state index is 11.6. The Kier molecular flexibility index (Phi) is 4.58. The van der Waals surface area contributed by atoms with Crippen LogP contribution in [0.25, 0.3) is 0 Å². The van der Waals surface area contributed by atoms with Crippen LogP contribution in [0.1, 0.15) is 32.6 Å². The van der Waals surface area contributed by atoms with Crippen molar-refractivity contribution >= 4 is 11.8 Å². The SMILES string of the molecule is CC(CN1CCCC1=O)NC(=O)CNCC1CC1. The summed E-state index contributed by atoms with van der Waals surface area (Å²) in [5.41, 5.74) is 0. The van der Waals surface area contributed by atoms with Gasteiger partial charge in [0, 0.05) is 25.6 Å². The molecule has 0 aromatic carbocycles. The summed E-state index contributed by atoms with van der Waals surface area (Å²) in [6.07, 6.45) is 4.19. The van der Waals surface area contributed by atoms with E-state index in [1.165, 1.54) is 12.8 Å². The van der Waals surface area contributed by atoms with Crippen molar-refractivity contribution in [2.75, 3.05) is 26.2 Å². The van der Waals surface area contributed by atoms with Crippen LogP contribution < -0.4 is 10.6 Å². The number of likely N-dealkylation sites (tertiary alicyclic amines) is 1. The maximum Gasteiger partial charge on any atom is 0.234 e. The molecule has 5 nitrogen and oxygen atoms in total. The van der Waals surface area contributed by atoms with Crippen LogP contribution in [-0.4, -0.2) is 48.9 Å². The quantitative estimate of drug-likeness (QED) is 0.677. The first kappa shape index (κ1) is 13.3. The van der Waals surface area contributed by atoms with Gasteiger partial charge in [-0.1, -0.05) is 0 Å². The van der Waals surface area contributed by atoms with Crippen LogP contribution in [0.2, 0.25) is 0 Å². The second-order valence-corrected chi connectivity index (χ2v) is 5.49. The maximum atomic E-state index is 11.6. The molecule has 0 bridgehead atoms. The molecule has 2 aliphatic rings. The zero-order valence-electron chi connectivity index (χ0n) is 11.1. The highest BCUT2D eigenvalue weighted by molar-refractivity contribution is 5.79. The third kappa shape index (κ3) is 4.29. The molecule has 5 heteroatoms. The fourth-order valence-electron chi connectivity index (χ4n) is 2.31. The zero-order chi connectivity index (χ0) is 13.0. The molecule has 1 heterocycles. The molecule has 102 valence electrons. The molecule has 18 heavy (non-hydrogen) atoms. The van der Waals surface area contributed by atoms with Crippen LogP contribution in [-0.2, 0) is 9.59 Å². The van der Waals surface area contributed by atoms with E-state index in [0.29, 0.717) is 19.5 Å². The van der Waals surface area contributed by atoms with Crippen molar-refractivity contribution in [1.82, 2.24) is 15.5 Å². The molecule has 1 saturated carbocycles. The minimum absolute atomic E-state index is 0.0230. The lowest BCUT2D eigenvalue weighted by Crippen LogP contribution is -2.45. The lowest BCUT2D eigenvalue weighted by molar-refractivity contribution is -0.128. The van der Waals surface area contributed by atoms with Crippen molar-refractivity contribution in [2.45, 2.75) is 38.6 Å². The van der Waals surface area contributed by atoms with E-state index >= 15 is 0 Å². The molecular weight excluding hydrogens is 230 g/mol. The van der Waals surface area contributed by atoms with Gasteiger partial charge in [-0.3, -0.25) is 9.59 Å². The average molecular weight is 253 g/mol. The van der Waals surface area contributed by atoms with Crippen molar-refractivity contribution in [3.05, 3.63) is 0 Å². The van der Waals surface area contributed by atoms with E-state index in [-0.39, 0.29) is 17.9 Å². The Morgan fingerprint density at radius 3 is 2.89 bits per heavy atom. The van der Waals surface area contributed by atoms with Crippen LogP contribution >= 0.6 is 0 Å². The number of carbonyl (C=O) groups excluding carboxylic acids is 2. The molecule has 1 aliphatic carbocycles. The highest BCUT2D eigenvalue weighted by atomic mass is 16.2. The van der Waals surface area contributed by atoms with E-state index in [1.807, 2.05) is 11.8 Å². The fraction of sp³-hybridized carbons (Fsp3) is 0.846. The number of hydrogen-bond acceptors (Lipinski definition) is 3. The Labute approximate surface area is 108 Å². The lowest BCUT2D eigenvalue weighted by atomic mass is 10.3. The number of amides is 2. The minimum Gasteiger partial charge on any atom is -0.351 e. The molecule has 0 spiro atoms. The standard InChI is InChI=1S/C13H23N3O2/c1-10(9-16-6-2-3-13(16)18)15-12(17)8-14-7-11-4-5-11/h10-11,14H,2-9H2,1H3,(H,15,17). The molecule has 1 unspecified atom stereocenters. The smallest absolute Gasteiger partial charge is 0.234 e. The van der Waals surface area contributed by atoms with Gasteiger partial charge in [0.25, 0.3) is 0 Å². The van der Waals surface area contributed by atoms with Crippen molar-refractivity contribution in [2.24, 2.45) is 5.92 Å². The summed E-state index contributed by atoms with van der Waals surface area (Å²) < 4.78 is 0. The van der Waals surface area contributed by atoms with Gasteiger partial charge in [0.05, 0.1) is 6.54 Å². The molecule has 2 amide bonds. The summed E-state index contributed by atoms with van der Waals surface area (Å²) in [7, 11) is 0. The summed E-state index contributed by atoms with van der Waals surface area (Å²) in [6.45, 7) is 4.75. The molecule has 1 atom stereocenters. The van der Waals surface area contributed by atoms with Crippen molar-refractivity contribution in [1.29, 1.82) is 0 Å². The summed E-state index contributed by atoms with van der Waals surface area (Å²) >= 11 is 0. The van der Waals surface area contributed by atoms with Crippen molar-refractivity contribution < 1.29 is 9.59 Å². The number of carbonyl (C=O) groups is 2. The monoisotopic (exact) mass is 253 g/mol. The molecule has 2 N–H and O–H groups in total. The van der Waals surface area contributed by atoms with Gasteiger partial charge in [0.2, 0.25) is 11.8 Å². The van der Waals surface area contributed by atoms with Gasteiger partial charge in [-0.2, -0.15) is 0 Å². The van der Waals surface area contributed by atoms with E-state index in [9.17, 15) is 9.59 Å². The normalized spacial score (nSPS) is 21.2. The molecule has 1 aliphatic heterocycles. The van der Waals surface area contributed by atoms with Crippen LogP contribution in [0.15, 0.2) is 0 Å². The van der Waals surface area contributed by atoms with Crippen LogP contribution in [0, 0.1) is 5.92 Å². The van der Waals surface area contributed by atoms with Crippen LogP contribution in [0.5, 0.6) is 0 Å². The van der Waals surface area contributed by atoms with Gasteiger partial charge in [0.15, 0.2) is 0 Å². The Bertz CT molecular complexity index is 315. The molecule has 0 radical (unpaired) electrons. The van der Waals surface area contributed by atoms with Gasteiger partial charge in [-0.05, 0) is 38.6 Å². The average Bonchev–Trinajstić information content (AvgIpc) is 3.04. The molecule has 2 rings (SSSR count). The van der Waals surface area contributed by atoms with E-state index in [2.05, 4.69) is 10.6 Å². The van der Waals surface area contributed by atoms with Gasteiger partial charge in [0.1, 0.15) is 0 Å². The van der Waals surface area contributed by atoms with Crippen molar-refractivity contribution in [3.63, 3.8) is 0 Å². The second-order valence-electron chi connectivity index (χ2n) is 5.49. The van der Waals surface area contributed by atoms with E-state index < -0.39 is 0 Å². The first-order valence-corrected chi connectivity index (χ1v) is 6.93. The number of nitrogens with zero attached hydrogens (tertiary/aromatic N) is 1. The summed E-state index contributed by atoms with van der Waals surface area (Å²) in [4.78, 5) is 24.9. The van der Waals surface area contributed by atoms with Crippen LogP contribution in [0.4, 0.5) is 0 Å². The zero-order valence-corrected chi connectivity index (χ0v) is 11.1. The highest BCUT2D eigenvalue weighted by Gasteiger charge is 2.23. The van der Waals surface area contributed by atoms with Crippen molar-refractivity contribution in [3.8, 4) is 0 Å². The predicted molar refractivity (Wildman–Crippen MR) is 69.0 cm³/mol. The third-order valence-electron chi connectivity index (χ3n) is 3.49. The lowest BCUT2D eigenvalue weighted by Gasteiger charge is -2.21. The minimum atomic E-state index is 0.0230. The van der Waals surface area contributed by atoms with Gasteiger partial charge >= 0.3 is 0 Å². The summed E-state index contributed by atoms with van der Waals surface area (Å²) in [6, 6.07) is 0.0299. The topological polar surface area (TPSA) is 61.4 Å². The molecule has 0 aromatic rings. The molecule has 2 fully saturated rings. The Morgan fingerprint density at radius 1 is 1.50 bits per heavy atom. The summed E-state index contributed by atoms with van der Waals surface area (Å²) in [5, 5.41) is 6.09. The Morgan fingerprint density at radius 2 is 2.28 bits per heavy atom. The van der Waals surface area contributed by atoms with Gasteiger partial charge in [-0.15, -0.1) is 0 Å².